The van der Waals surface area contributed by atoms with E-state index in [4.69, 9.17) is 5.11 Å². The van der Waals surface area contributed by atoms with Gasteiger partial charge in [0.25, 0.3) is 0 Å². The van der Waals surface area contributed by atoms with E-state index >= 15 is 0 Å². The van der Waals surface area contributed by atoms with Crippen molar-refractivity contribution in [3.8, 4) is 16.5 Å². The molecule has 1 heterocycles. The zero-order valence-corrected chi connectivity index (χ0v) is 8.96. The first-order valence-electron chi connectivity index (χ1n) is 4.37. The standard InChI is InChI=1S/C10H5F2NO3S/c11-5-2-1-4(3-6(5)12)9-13-8(14)7(17-9)10(15)16/h1-3,14H,(H,15,16). The highest BCUT2D eigenvalue weighted by molar-refractivity contribution is 7.17. The van der Waals surface area contributed by atoms with Gasteiger partial charge in [0.2, 0.25) is 5.88 Å². The molecule has 0 saturated heterocycles. The summed E-state index contributed by atoms with van der Waals surface area (Å²) in [6, 6.07) is 3.05. The number of rotatable bonds is 2. The van der Waals surface area contributed by atoms with Gasteiger partial charge in [0.15, 0.2) is 16.5 Å². The third kappa shape index (κ3) is 2.09. The lowest BCUT2D eigenvalue weighted by atomic mass is 10.2. The van der Waals surface area contributed by atoms with Crippen molar-refractivity contribution in [1.29, 1.82) is 0 Å². The van der Waals surface area contributed by atoms with Crippen LogP contribution in [0.15, 0.2) is 18.2 Å². The zero-order valence-electron chi connectivity index (χ0n) is 8.15. The van der Waals surface area contributed by atoms with Gasteiger partial charge in [-0.25, -0.2) is 18.6 Å². The van der Waals surface area contributed by atoms with Crippen molar-refractivity contribution in [2.24, 2.45) is 0 Å². The first-order valence-corrected chi connectivity index (χ1v) is 5.19. The number of benzene rings is 1. The number of halogens is 2. The normalized spacial score (nSPS) is 10.5. The smallest absolute Gasteiger partial charge is 0.351 e. The molecule has 4 nitrogen and oxygen atoms in total. The van der Waals surface area contributed by atoms with Crippen LogP contribution in [0.2, 0.25) is 0 Å². The van der Waals surface area contributed by atoms with Crippen LogP contribution < -0.4 is 0 Å². The van der Waals surface area contributed by atoms with Gasteiger partial charge in [0, 0.05) is 5.56 Å². The van der Waals surface area contributed by atoms with E-state index in [-0.39, 0.29) is 15.4 Å². The minimum atomic E-state index is -1.33. The van der Waals surface area contributed by atoms with Gasteiger partial charge in [-0.05, 0) is 18.2 Å². The second-order valence-electron chi connectivity index (χ2n) is 3.11. The Morgan fingerprint density at radius 1 is 1.29 bits per heavy atom. The van der Waals surface area contributed by atoms with Crippen LogP contribution in [0.25, 0.3) is 10.6 Å². The van der Waals surface area contributed by atoms with Gasteiger partial charge in [-0.3, -0.25) is 0 Å². The number of nitrogens with zero attached hydrogens (tertiary/aromatic N) is 1. The maximum Gasteiger partial charge on any atom is 0.351 e. The summed E-state index contributed by atoms with van der Waals surface area (Å²) in [5, 5.41) is 18.0. The predicted octanol–water partition coefficient (Wildman–Crippen LogP) is 2.49. The molecule has 0 unspecified atom stereocenters. The monoisotopic (exact) mass is 257 g/mol. The summed E-state index contributed by atoms with van der Waals surface area (Å²) in [6.45, 7) is 0. The van der Waals surface area contributed by atoms with Crippen LogP contribution in [0.3, 0.4) is 0 Å². The van der Waals surface area contributed by atoms with E-state index in [0.29, 0.717) is 11.3 Å². The fraction of sp³-hybridized carbons (Fsp3) is 0. The van der Waals surface area contributed by atoms with Gasteiger partial charge in [-0.1, -0.05) is 0 Å². The van der Waals surface area contributed by atoms with Gasteiger partial charge < -0.3 is 10.2 Å². The molecule has 0 spiro atoms. The molecule has 2 rings (SSSR count). The highest BCUT2D eigenvalue weighted by Gasteiger charge is 2.18. The number of thiazole rings is 1. The minimum Gasteiger partial charge on any atom is -0.492 e. The quantitative estimate of drug-likeness (QED) is 0.867. The van der Waals surface area contributed by atoms with Gasteiger partial charge in [-0.2, -0.15) is 0 Å². The van der Waals surface area contributed by atoms with Crippen LogP contribution in [0.1, 0.15) is 9.67 Å². The van der Waals surface area contributed by atoms with Gasteiger partial charge in [0.05, 0.1) is 0 Å². The summed E-state index contributed by atoms with van der Waals surface area (Å²) in [5.74, 6) is -4.03. The predicted molar refractivity (Wildman–Crippen MR) is 56.1 cm³/mol. The van der Waals surface area contributed by atoms with Crippen molar-refractivity contribution >= 4 is 17.3 Å². The lowest BCUT2D eigenvalue weighted by Crippen LogP contribution is -1.91. The maximum atomic E-state index is 13.0. The number of aromatic hydroxyl groups is 1. The van der Waals surface area contributed by atoms with Crippen LogP contribution >= 0.6 is 11.3 Å². The molecule has 0 saturated carbocycles. The first-order chi connectivity index (χ1) is 7.99. The van der Waals surface area contributed by atoms with E-state index in [1.165, 1.54) is 6.07 Å². The van der Waals surface area contributed by atoms with Crippen molar-refractivity contribution in [3.05, 3.63) is 34.7 Å². The summed E-state index contributed by atoms with van der Waals surface area (Å²) in [5.41, 5.74) is 0.205. The molecule has 1 aromatic carbocycles. The number of carboxylic acids is 1. The van der Waals surface area contributed by atoms with Crippen LogP contribution in [0.4, 0.5) is 8.78 Å². The molecule has 0 aliphatic heterocycles. The Balaban J connectivity index is 2.50. The Kier molecular flexibility index (Phi) is 2.76. The number of hydrogen-bond donors (Lipinski definition) is 2. The SMILES string of the molecule is O=C(O)c1sc(-c2ccc(F)c(F)c2)nc1O. The lowest BCUT2D eigenvalue weighted by molar-refractivity contribution is 0.0699. The molecule has 0 radical (unpaired) electrons. The molecule has 2 N–H and O–H groups in total. The average molecular weight is 257 g/mol. The lowest BCUT2D eigenvalue weighted by Gasteiger charge is -1.96. The van der Waals surface area contributed by atoms with E-state index in [2.05, 4.69) is 4.98 Å². The van der Waals surface area contributed by atoms with Crippen LogP contribution in [0.5, 0.6) is 5.88 Å². The third-order valence-corrected chi connectivity index (χ3v) is 3.05. The second kappa shape index (κ2) is 4.10. The topological polar surface area (TPSA) is 70.4 Å². The summed E-state index contributed by atoms with van der Waals surface area (Å²) in [6.07, 6.45) is 0. The maximum absolute atomic E-state index is 13.0. The number of carboxylic acid groups (broad SMARTS) is 1. The van der Waals surface area contributed by atoms with Crippen molar-refractivity contribution < 1.29 is 23.8 Å². The zero-order chi connectivity index (χ0) is 12.6. The summed E-state index contributed by atoms with van der Waals surface area (Å²) >= 11 is 0.685. The van der Waals surface area contributed by atoms with Crippen molar-refractivity contribution in [2.75, 3.05) is 0 Å². The molecule has 0 atom stereocenters. The van der Waals surface area contributed by atoms with Gasteiger partial charge in [0.1, 0.15) is 5.01 Å². The van der Waals surface area contributed by atoms with E-state index in [0.717, 1.165) is 12.1 Å². The van der Waals surface area contributed by atoms with Crippen LogP contribution in [0, 0.1) is 11.6 Å². The minimum absolute atomic E-state index is 0.110. The molecule has 0 bridgehead atoms. The third-order valence-electron chi connectivity index (χ3n) is 1.97. The molecule has 7 heteroatoms. The Morgan fingerprint density at radius 2 is 2.00 bits per heavy atom. The van der Waals surface area contributed by atoms with Gasteiger partial charge >= 0.3 is 5.97 Å². The molecule has 2 aromatic rings. The number of aromatic nitrogens is 1. The molecule has 0 aliphatic carbocycles. The molecule has 88 valence electrons. The largest absolute Gasteiger partial charge is 0.492 e. The molecular formula is C10H5F2NO3S. The van der Waals surface area contributed by atoms with Crippen molar-refractivity contribution in [1.82, 2.24) is 4.98 Å². The fourth-order valence-electron chi connectivity index (χ4n) is 1.20. The van der Waals surface area contributed by atoms with Crippen LogP contribution in [-0.2, 0) is 0 Å². The average Bonchev–Trinajstić information content (AvgIpc) is 2.64. The Bertz CT molecular complexity index is 597. The number of carbonyl (C=O) groups is 1. The highest BCUT2D eigenvalue weighted by atomic mass is 32.1. The molecular weight excluding hydrogens is 252 g/mol. The number of hydrogen-bond acceptors (Lipinski definition) is 4. The van der Waals surface area contributed by atoms with E-state index in [9.17, 15) is 18.7 Å². The van der Waals surface area contributed by atoms with Gasteiger partial charge in [-0.15, -0.1) is 11.3 Å². The molecule has 0 aliphatic rings. The summed E-state index contributed by atoms with van der Waals surface area (Å²) in [7, 11) is 0. The van der Waals surface area contributed by atoms with Crippen LogP contribution in [-0.4, -0.2) is 21.2 Å². The summed E-state index contributed by atoms with van der Waals surface area (Å²) < 4.78 is 25.6. The Morgan fingerprint density at radius 3 is 2.53 bits per heavy atom. The van der Waals surface area contributed by atoms with E-state index in [1.807, 2.05) is 0 Å². The first kappa shape index (κ1) is 11.5. The number of aromatic carboxylic acids is 1. The highest BCUT2D eigenvalue weighted by Crippen LogP contribution is 2.32. The second-order valence-corrected chi connectivity index (χ2v) is 4.10. The van der Waals surface area contributed by atoms with E-state index in [1.54, 1.807) is 0 Å². The Labute approximate surface area is 97.8 Å². The molecule has 0 amide bonds. The van der Waals surface area contributed by atoms with Crippen molar-refractivity contribution in [2.45, 2.75) is 0 Å². The fourth-order valence-corrected chi connectivity index (χ4v) is 2.00. The van der Waals surface area contributed by atoms with Crippen molar-refractivity contribution in [3.63, 3.8) is 0 Å². The molecule has 0 fully saturated rings. The molecule has 17 heavy (non-hydrogen) atoms. The summed E-state index contributed by atoms with van der Waals surface area (Å²) in [4.78, 5) is 13.9. The van der Waals surface area contributed by atoms with E-state index < -0.39 is 23.5 Å². The Hall–Kier alpha value is -2.02. The molecule has 1 aromatic heterocycles.